The maximum atomic E-state index is 13.0. The van der Waals surface area contributed by atoms with Crippen LogP contribution >= 0.6 is 0 Å². The molecule has 0 aromatic heterocycles. The van der Waals surface area contributed by atoms with Crippen LogP contribution in [0.2, 0.25) is 0 Å². The van der Waals surface area contributed by atoms with Crippen molar-refractivity contribution in [1.29, 1.82) is 0 Å². The summed E-state index contributed by atoms with van der Waals surface area (Å²) >= 11 is 0. The summed E-state index contributed by atoms with van der Waals surface area (Å²) in [6.45, 7) is 1.76. The van der Waals surface area contributed by atoms with Crippen LogP contribution in [-0.2, 0) is 11.2 Å². The van der Waals surface area contributed by atoms with Crippen molar-refractivity contribution >= 4 is 17.3 Å². The van der Waals surface area contributed by atoms with E-state index >= 15 is 0 Å². The lowest BCUT2D eigenvalue weighted by Gasteiger charge is -2.08. The van der Waals surface area contributed by atoms with E-state index in [4.69, 9.17) is 5.73 Å². The molecule has 1 amide bonds. The highest BCUT2D eigenvalue weighted by Crippen LogP contribution is 2.16. The van der Waals surface area contributed by atoms with Crippen LogP contribution in [0.3, 0.4) is 0 Å². The van der Waals surface area contributed by atoms with Crippen LogP contribution in [-0.4, -0.2) is 5.91 Å². The largest absolute Gasteiger partial charge is 0.399 e. The number of hydrogen-bond acceptors (Lipinski definition) is 2. The summed E-state index contributed by atoms with van der Waals surface area (Å²) in [4.78, 5) is 11.9. The van der Waals surface area contributed by atoms with Gasteiger partial charge in [-0.15, -0.1) is 0 Å². The highest BCUT2D eigenvalue weighted by molar-refractivity contribution is 5.91. The molecule has 0 fully saturated rings. The third-order valence-corrected chi connectivity index (χ3v) is 3.05. The SMILES string of the molecule is Cc1cc(F)ccc1NC(=O)CCc1cccc(N)c1. The molecule has 0 unspecified atom stereocenters. The van der Waals surface area contributed by atoms with Crippen LogP contribution in [0, 0.1) is 12.7 Å². The number of anilines is 2. The van der Waals surface area contributed by atoms with E-state index in [0.717, 1.165) is 5.56 Å². The van der Waals surface area contributed by atoms with E-state index in [1.165, 1.54) is 12.1 Å². The van der Waals surface area contributed by atoms with Crippen molar-refractivity contribution in [3.05, 3.63) is 59.4 Å². The van der Waals surface area contributed by atoms with Gasteiger partial charge in [0.05, 0.1) is 0 Å². The quantitative estimate of drug-likeness (QED) is 0.839. The zero-order chi connectivity index (χ0) is 14.5. The Hall–Kier alpha value is -2.36. The van der Waals surface area contributed by atoms with Gasteiger partial charge in [0.25, 0.3) is 0 Å². The van der Waals surface area contributed by atoms with Gasteiger partial charge in [-0.2, -0.15) is 0 Å². The van der Waals surface area contributed by atoms with E-state index < -0.39 is 0 Å². The summed E-state index contributed by atoms with van der Waals surface area (Å²) < 4.78 is 13.0. The smallest absolute Gasteiger partial charge is 0.224 e. The molecule has 2 aromatic rings. The third kappa shape index (κ3) is 3.82. The summed E-state index contributed by atoms with van der Waals surface area (Å²) in [5, 5.41) is 2.79. The molecule has 0 radical (unpaired) electrons. The molecule has 0 aliphatic rings. The Morgan fingerprint density at radius 1 is 1.25 bits per heavy atom. The Balaban J connectivity index is 1.92. The lowest BCUT2D eigenvalue weighted by Crippen LogP contribution is -2.13. The Bertz CT molecular complexity index is 626. The second-order valence-corrected chi connectivity index (χ2v) is 4.75. The van der Waals surface area contributed by atoms with E-state index in [-0.39, 0.29) is 11.7 Å². The summed E-state index contributed by atoms with van der Waals surface area (Å²) in [5.41, 5.74) is 8.76. The number of benzene rings is 2. The van der Waals surface area contributed by atoms with Gasteiger partial charge in [-0.05, 0) is 54.8 Å². The molecular formula is C16H17FN2O. The summed E-state index contributed by atoms with van der Waals surface area (Å²) in [6, 6.07) is 11.8. The number of aryl methyl sites for hydroxylation is 2. The molecule has 2 rings (SSSR count). The van der Waals surface area contributed by atoms with Gasteiger partial charge < -0.3 is 11.1 Å². The molecule has 4 heteroatoms. The zero-order valence-electron chi connectivity index (χ0n) is 11.3. The summed E-state index contributed by atoms with van der Waals surface area (Å²) in [6.07, 6.45) is 0.984. The predicted molar refractivity (Wildman–Crippen MR) is 78.9 cm³/mol. The number of carbonyl (C=O) groups excluding carboxylic acids is 1. The average molecular weight is 272 g/mol. The fraction of sp³-hybridized carbons (Fsp3) is 0.188. The minimum Gasteiger partial charge on any atom is -0.399 e. The van der Waals surface area contributed by atoms with Gasteiger partial charge in [-0.3, -0.25) is 4.79 Å². The van der Waals surface area contributed by atoms with Crippen molar-refractivity contribution < 1.29 is 9.18 Å². The standard InChI is InChI=1S/C16H17FN2O/c1-11-9-13(17)6-7-15(11)19-16(20)8-5-12-3-2-4-14(18)10-12/h2-4,6-7,9-10H,5,8,18H2,1H3,(H,19,20). The lowest BCUT2D eigenvalue weighted by molar-refractivity contribution is -0.116. The monoisotopic (exact) mass is 272 g/mol. The first kappa shape index (κ1) is 14.1. The number of amides is 1. The Kier molecular flexibility index (Phi) is 4.35. The number of nitrogens with two attached hydrogens (primary N) is 1. The van der Waals surface area contributed by atoms with Crippen molar-refractivity contribution in [1.82, 2.24) is 0 Å². The van der Waals surface area contributed by atoms with Gasteiger partial charge in [-0.1, -0.05) is 12.1 Å². The van der Waals surface area contributed by atoms with Crippen molar-refractivity contribution in [2.24, 2.45) is 0 Å². The molecular weight excluding hydrogens is 255 g/mol. The molecule has 2 aromatic carbocycles. The summed E-state index contributed by atoms with van der Waals surface area (Å²) in [7, 11) is 0. The molecule has 0 aliphatic carbocycles. The maximum Gasteiger partial charge on any atom is 0.224 e. The molecule has 104 valence electrons. The Labute approximate surface area is 117 Å². The first-order valence-corrected chi connectivity index (χ1v) is 6.45. The van der Waals surface area contributed by atoms with Crippen LogP contribution in [0.4, 0.5) is 15.8 Å². The van der Waals surface area contributed by atoms with Crippen LogP contribution in [0.25, 0.3) is 0 Å². The molecule has 0 atom stereocenters. The maximum absolute atomic E-state index is 13.0. The van der Waals surface area contributed by atoms with E-state index in [9.17, 15) is 9.18 Å². The van der Waals surface area contributed by atoms with Crippen LogP contribution in [0.5, 0.6) is 0 Å². The van der Waals surface area contributed by atoms with Crippen molar-refractivity contribution in [3.8, 4) is 0 Å². The molecule has 3 nitrogen and oxygen atoms in total. The number of halogens is 1. The Morgan fingerprint density at radius 3 is 2.75 bits per heavy atom. The van der Waals surface area contributed by atoms with Gasteiger partial charge >= 0.3 is 0 Å². The van der Waals surface area contributed by atoms with Gasteiger partial charge in [0.1, 0.15) is 5.82 Å². The Morgan fingerprint density at radius 2 is 2.05 bits per heavy atom. The number of rotatable bonds is 4. The van der Waals surface area contributed by atoms with Gasteiger partial charge in [0.2, 0.25) is 5.91 Å². The highest BCUT2D eigenvalue weighted by atomic mass is 19.1. The first-order valence-electron chi connectivity index (χ1n) is 6.45. The van der Waals surface area contributed by atoms with Crippen LogP contribution in [0.15, 0.2) is 42.5 Å². The van der Waals surface area contributed by atoms with Crippen LogP contribution < -0.4 is 11.1 Å². The summed E-state index contributed by atoms with van der Waals surface area (Å²) in [5.74, 6) is -0.401. The van der Waals surface area contributed by atoms with Crippen molar-refractivity contribution in [2.45, 2.75) is 19.8 Å². The third-order valence-electron chi connectivity index (χ3n) is 3.05. The fourth-order valence-electron chi connectivity index (χ4n) is 1.99. The van der Waals surface area contributed by atoms with Crippen molar-refractivity contribution in [2.75, 3.05) is 11.1 Å². The highest BCUT2D eigenvalue weighted by Gasteiger charge is 2.06. The zero-order valence-corrected chi connectivity index (χ0v) is 11.3. The van der Waals surface area contributed by atoms with Gasteiger partial charge in [-0.25, -0.2) is 4.39 Å². The number of nitrogen functional groups attached to an aromatic ring is 1. The molecule has 0 saturated heterocycles. The average Bonchev–Trinajstić information content (AvgIpc) is 2.40. The molecule has 0 saturated carbocycles. The normalized spacial score (nSPS) is 10.3. The molecule has 0 spiro atoms. The minimum atomic E-state index is -0.305. The molecule has 0 bridgehead atoms. The minimum absolute atomic E-state index is 0.0952. The lowest BCUT2D eigenvalue weighted by atomic mass is 10.1. The molecule has 0 aliphatic heterocycles. The topological polar surface area (TPSA) is 55.1 Å². The van der Waals surface area contributed by atoms with Gasteiger partial charge in [0.15, 0.2) is 0 Å². The molecule has 20 heavy (non-hydrogen) atoms. The number of nitrogens with one attached hydrogen (secondary N) is 1. The fourth-order valence-corrected chi connectivity index (χ4v) is 1.99. The van der Waals surface area contributed by atoms with E-state index in [2.05, 4.69) is 5.32 Å². The number of carbonyl (C=O) groups is 1. The van der Waals surface area contributed by atoms with Crippen LogP contribution in [0.1, 0.15) is 17.5 Å². The first-order chi connectivity index (χ1) is 9.54. The second kappa shape index (κ2) is 6.19. The van der Waals surface area contributed by atoms with Gasteiger partial charge in [0, 0.05) is 17.8 Å². The predicted octanol–water partition coefficient (Wildman–Crippen LogP) is 3.29. The molecule has 3 N–H and O–H groups in total. The van der Waals surface area contributed by atoms with E-state index in [1.54, 1.807) is 13.0 Å². The van der Waals surface area contributed by atoms with E-state index in [1.807, 2.05) is 24.3 Å². The van der Waals surface area contributed by atoms with E-state index in [0.29, 0.717) is 29.8 Å². The second-order valence-electron chi connectivity index (χ2n) is 4.75. The number of hydrogen-bond donors (Lipinski definition) is 2. The van der Waals surface area contributed by atoms with Crippen molar-refractivity contribution in [3.63, 3.8) is 0 Å². The molecule has 0 heterocycles.